The lowest BCUT2D eigenvalue weighted by molar-refractivity contribution is -0.117. The Kier molecular flexibility index (Phi) is 2.81. The van der Waals surface area contributed by atoms with Gasteiger partial charge in [-0.05, 0) is 36.5 Å². The average Bonchev–Trinajstić information content (AvgIpc) is 3.10. The highest BCUT2D eigenvalue weighted by atomic mass is 16.1. The van der Waals surface area contributed by atoms with Crippen LogP contribution in [0.2, 0.25) is 0 Å². The van der Waals surface area contributed by atoms with Crippen LogP contribution in [0.25, 0.3) is 0 Å². The molecule has 0 radical (unpaired) electrons. The maximum absolute atomic E-state index is 11.3. The summed E-state index contributed by atoms with van der Waals surface area (Å²) in [6, 6.07) is 3.99. The van der Waals surface area contributed by atoms with E-state index < -0.39 is 0 Å². The van der Waals surface area contributed by atoms with E-state index in [1.165, 1.54) is 18.9 Å². The predicted molar refractivity (Wildman–Crippen MR) is 58.0 cm³/mol. The molecule has 1 N–H and O–H groups in total. The van der Waals surface area contributed by atoms with Crippen LogP contribution in [-0.4, -0.2) is 10.9 Å². The molecule has 1 aromatic rings. The summed E-state index contributed by atoms with van der Waals surface area (Å²) in [5.41, 5.74) is 1.08. The largest absolute Gasteiger partial charge is 0.345 e. The van der Waals surface area contributed by atoms with E-state index in [0.29, 0.717) is 5.92 Å². The van der Waals surface area contributed by atoms with Gasteiger partial charge in [-0.25, -0.2) is 0 Å². The van der Waals surface area contributed by atoms with E-state index in [0.717, 1.165) is 5.56 Å². The van der Waals surface area contributed by atoms with Crippen molar-refractivity contribution in [3.63, 3.8) is 0 Å². The topological polar surface area (TPSA) is 42.0 Å². The number of nitrogens with zero attached hydrogens (tertiary/aromatic N) is 1. The van der Waals surface area contributed by atoms with E-state index >= 15 is 0 Å². The van der Waals surface area contributed by atoms with Crippen molar-refractivity contribution in [2.24, 2.45) is 5.92 Å². The summed E-state index contributed by atoms with van der Waals surface area (Å²) in [4.78, 5) is 15.3. The van der Waals surface area contributed by atoms with Gasteiger partial charge in [0.15, 0.2) is 0 Å². The first-order valence-electron chi connectivity index (χ1n) is 5.14. The summed E-state index contributed by atoms with van der Waals surface area (Å²) in [7, 11) is 0. The van der Waals surface area contributed by atoms with Gasteiger partial charge in [0.2, 0.25) is 5.91 Å². The highest BCUT2D eigenvalue weighted by Gasteiger charge is 2.33. The Balaban J connectivity index is 2.13. The Bertz CT molecular complexity index is 357. The third kappa shape index (κ3) is 2.43. The fourth-order valence-electron chi connectivity index (χ4n) is 1.68. The Hall–Kier alpha value is -1.64. The first-order valence-corrected chi connectivity index (χ1v) is 5.14. The number of aromatic nitrogens is 1. The molecule has 15 heavy (non-hydrogen) atoms. The summed E-state index contributed by atoms with van der Waals surface area (Å²) < 4.78 is 0. The molecule has 2 rings (SSSR count). The number of amides is 1. The van der Waals surface area contributed by atoms with Gasteiger partial charge in [-0.15, -0.1) is 0 Å². The van der Waals surface area contributed by atoms with E-state index in [-0.39, 0.29) is 11.9 Å². The van der Waals surface area contributed by atoms with Gasteiger partial charge >= 0.3 is 0 Å². The van der Waals surface area contributed by atoms with Crippen LogP contribution in [0.15, 0.2) is 37.2 Å². The molecule has 0 spiro atoms. The van der Waals surface area contributed by atoms with Crippen LogP contribution in [-0.2, 0) is 4.79 Å². The molecule has 0 aromatic carbocycles. The first kappa shape index (κ1) is 9.90. The SMILES string of the molecule is C=CC(=O)NC(c1cccnc1)C1CC1. The van der Waals surface area contributed by atoms with Gasteiger partial charge in [-0.2, -0.15) is 0 Å². The van der Waals surface area contributed by atoms with Crippen molar-refractivity contribution in [1.29, 1.82) is 0 Å². The van der Waals surface area contributed by atoms with Crippen LogP contribution in [0.4, 0.5) is 0 Å². The molecular weight excluding hydrogens is 188 g/mol. The van der Waals surface area contributed by atoms with Gasteiger partial charge in [0.1, 0.15) is 0 Å². The summed E-state index contributed by atoms with van der Waals surface area (Å²) >= 11 is 0. The Morgan fingerprint density at radius 1 is 1.67 bits per heavy atom. The van der Waals surface area contributed by atoms with Crippen molar-refractivity contribution < 1.29 is 4.79 Å². The number of rotatable bonds is 4. The molecule has 1 atom stereocenters. The standard InChI is InChI=1S/C12H14N2O/c1-2-11(15)14-12(9-5-6-9)10-4-3-7-13-8-10/h2-4,7-9,12H,1,5-6H2,(H,14,15). The molecule has 1 aromatic heterocycles. The molecule has 1 aliphatic carbocycles. The normalized spacial score (nSPS) is 16.8. The highest BCUT2D eigenvalue weighted by Crippen LogP contribution is 2.40. The van der Waals surface area contributed by atoms with E-state index in [4.69, 9.17) is 0 Å². The molecule has 1 unspecified atom stereocenters. The zero-order valence-corrected chi connectivity index (χ0v) is 8.52. The van der Waals surface area contributed by atoms with Crippen molar-refractivity contribution in [3.8, 4) is 0 Å². The lowest BCUT2D eigenvalue weighted by Gasteiger charge is -2.17. The van der Waals surface area contributed by atoms with E-state index in [1.54, 1.807) is 6.20 Å². The molecule has 0 aliphatic heterocycles. The summed E-state index contributed by atoms with van der Waals surface area (Å²) in [6.07, 6.45) is 7.22. The van der Waals surface area contributed by atoms with E-state index in [1.807, 2.05) is 18.3 Å². The number of pyridine rings is 1. The minimum Gasteiger partial charge on any atom is -0.345 e. The first-order chi connectivity index (χ1) is 7.31. The molecule has 3 nitrogen and oxygen atoms in total. The number of hydrogen-bond acceptors (Lipinski definition) is 2. The van der Waals surface area contributed by atoms with Crippen LogP contribution in [0, 0.1) is 5.92 Å². The Morgan fingerprint density at radius 3 is 3.00 bits per heavy atom. The van der Waals surface area contributed by atoms with Gasteiger partial charge < -0.3 is 5.32 Å². The van der Waals surface area contributed by atoms with Crippen molar-refractivity contribution >= 4 is 5.91 Å². The van der Waals surface area contributed by atoms with Crippen molar-refractivity contribution in [2.45, 2.75) is 18.9 Å². The predicted octanol–water partition coefficient (Wildman–Crippen LogP) is 1.83. The number of carbonyl (C=O) groups excluding carboxylic acids is 1. The number of hydrogen-bond donors (Lipinski definition) is 1. The molecule has 1 fully saturated rings. The van der Waals surface area contributed by atoms with Crippen molar-refractivity contribution in [2.75, 3.05) is 0 Å². The molecule has 78 valence electrons. The van der Waals surface area contributed by atoms with Crippen LogP contribution in [0.3, 0.4) is 0 Å². The van der Waals surface area contributed by atoms with Gasteiger partial charge in [-0.3, -0.25) is 9.78 Å². The van der Waals surface area contributed by atoms with Gasteiger partial charge in [-0.1, -0.05) is 12.6 Å². The lowest BCUT2D eigenvalue weighted by Crippen LogP contribution is -2.28. The van der Waals surface area contributed by atoms with Crippen LogP contribution < -0.4 is 5.32 Å². The average molecular weight is 202 g/mol. The molecule has 1 amide bonds. The quantitative estimate of drug-likeness (QED) is 0.757. The van der Waals surface area contributed by atoms with Gasteiger partial charge in [0.25, 0.3) is 0 Å². The highest BCUT2D eigenvalue weighted by molar-refractivity contribution is 5.87. The molecular formula is C12H14N2O. The zero-order valence-electron chi connectivity index (χ0n) is 8.52. The Labute approximate surface area is 89.2 Å². The second kappa shape index (κ2) is 4.26. The molecule has 3 heteroatoms. The van der Waals surface area contributed by atoms with Crippen LogP contribution in [0.1, 0.15) is 24.4 Å². The monoisotopic (exact) mass is 202 g/mol. The van der Waals surface area contributed by atoms with E-state index in [2.05, 4.69) is 16.9 Å². The maximum Gasteiger partial charge on any atom is 0.243 e. The second-order valence-electron chi connectivity index (χ2n) is 3.81. The number of nitrogens with one attached hydrogen (secondary N) is 1. The second-order valence-corrected chi connectivity index (χ2v) is 3.81. The lowest BCUT2D eigenvalue weighted by atomic mass is 10.0. The van der Waals surface area contributed by atoms with Crippen molar-refractivity contribution in [3.05, 3.63) is 42.7 Å². The fraction of sp³-hybridized carbons (Fsp3) is 0.333. The minimum atomic E-state index is -0.115. The van der Waals surface area contributed by atoms with Crippen molar-refractivity contribution in [1.82, 2.24) is 10.3 Å². The molecule has 1 saturated carbocycles. The fourth-order valence-corrected chi connectivity index (χ4v) is 1.68. The summed E-state index contributed by atoms with van der Waals surface area (Å²) in [6.45, 7) is 3.46. The third-order valence-electron chi connectivity index (χ3n) is 2.62. The summed E-state index contributed by atoms with van der Waals surface area (Å²) in [5.74, 6) is 0.453. The molecule has 1 aliphatic rings. The minimum absolute atomic E-state index is 0.101. The number of carbonyl (C=O) groups is 1. The zero-order chi connectivity index (χ0) is 10.7. The van der Waals surface area contributed by atoms with E-state index in [9.17, 15) is 4.79 Å². The molecule has 0 bridgehead atoms. The molecule has 1 heterocycles. The smallest absolute Gasteiger partial charge is 0.243 e. The maximum atomic E-state index is 11.3. The summed E-state index contributed by atoms with van der Waals surface area (Å²) in [5, 5.41) is 2.95. The van der Waals surface area contributed by atoms with Crippen LogP contribution >= 0.6 is 0 Å². The molecule has 0 saturated heterocycles. The van der Waals surface area contributed by atoms with Crippen LogP contribution in [0.5, 0.6) is 0 Å². The van der Waals surface area contributed by atoms with Gasteiger partial charge in [0, 0.05) is 12.4 Å². The van der Waals surface area contributed by atoms with Gasteiger partial charge in [0.05, 0.1) is 6.04 Å². The Morgan fingerprint density at radius 2 is 2.47 bits per heavy atom. The third-order valence-corrected chi connectivity index (χ3v) is 2.62.